The van der Waals surface area contributed by atoms with Gasteiger partial charge < -0.3 is 5.32 Å². The molecule has 2 aromatic heterocycles. The van der Waals surface area contributed by atoms with Crippen LogP contribution in [0.2, 0.25) is 0 Å². The predicted molar refractivity (Wildman–Crippen MR) is 61.7 cm³/mol. The smallest absolute Gasteiger partial charge is 0.141 e. The molecule has 0 saturated heterocycles. The molecule has 0 amide bonds. The highest BCUT2D eigenvalue weighted by Gasteiger charge is 2.09. The second-order valence-electron chi connectivity index (χ2n) is 3.64. The van der Waals surface area contributed by atoms with E-state index in [2.05, 4.69) is 34.3 Å². The third-order valence-electron chi connectivity index (χ3n) is 2.06. The average Bonchev–Trinajstić information content (AvgIpc) is 2.85. The topological polar surface area (TPSA) is 53.6 Å². The molecule has 0 aliphatic heterocycles. The molecule has 5 heteroatoms. The fourth-order valence-corrected chi connectivity index (χ4v) is 1.96. The van der Waals surface area contributed by atoms with E-state index in [9.17, 15) is 0 Å². The maximum atomic E-state index is 4.27. The zero-order valence-corrected chi connectivity index (χ0v) is 9.64. The minimum absolute atomic E-state index is 0.476. The number of rotatable bonds is 4. The number of aromatic nitrogens is 3. The number of hydrogen-bond donors (Lipinski definition) is 2. The zero-order valence-electron chi connectivity index (χ0n) is 8.82. The van der Waals surface area contributed by atoms with Gasteiger partial charge in [-0.15, -0.1) is 11.3 Å². The molecule has 2 heterocycles. The van der Waals surface area contributed by atoms with E-state index in [4.69, 9.17) is 0 Å². The summed E-state index contributed by atoms with van der Waals surface area (Å²) >= 11 is 1.62. The third-order valence-corrected chi connectivity index (χ3v) is 2.86. The Kier molecular flexibility index (Phi) is 3.13. The molecular weight excluding hydrogens is 208 g/mol. The standard InChI is InChI=1S/C10H14N4S/c1-7(2)12-5-8-6-13-14-9(8)10-11-3-4-15-10/h3-4,6-7,12H,5H2,1-2H3,(H,13,14). The number of H-pyrrole nitrogens is 1. The van der Waals surface area contributed by atoms with Crippen LogP contribution in [0.4, 0.5) is 0 Å². The van der Waals surface area contributed by atoms with Crippen molar-refractivity contribution < 1.29 is 0 Å². The van der Waals surface area contributed by atoms with Crippen LogP contribution in [-0.2, 0) is 6.54 Å². The lowest BCUT2D eigenvalue weighted by molar-refractivity contribution is 0.589. The molecule has 0 spiro atoms. The highest BCUT2D eigenvalue weighted by Crippen LogP contribution is 2.22. The van der Waals surface area contributed by atoms with E-state index in [1.54, 1.807) is 17.5 Å². The highest BCUT2D eigenvalue weighted by atomic mass is 32.1. The van der Waals surface area contributed by atoms with Gasteiger partial charge in [-0.1, -0.05) is 13.8 Å². The van der Waals surface area contributed by atoms with Crippen molar-refractivity contribution in [2.75, 3.05) is 0 Å². The zero-order chi connectivity index (χ0) is 10.7. The Morgan fingerprint density at radius 2 is 2.40 bits per heavy atom. The Bertz CT molecular complexity index is 405. The van der Waals surface area contributed by atoms with E-state index in [-0.39, 0.29) is 0 Å². The van der Waals surface area contributed by atoms with Crippen LogP contribution in [-0.4, -0.2) is 21.2 Å². The fourth-order valence-electron chi connectivity index (χ4n) is 1.29. The molecule has 0 fully saturated rings. The molecule has 2 rings (SSSR count). The number of aromatic amines is 1. The Morgan fingerprint density at radius 1 is 1.53 bits per heavy atom. The molecule has 0 aliphatic rings. The normalized spacial score (nSPS) is 11.1. The van der Waals surface area contributed by atoms with Crippen LogP contribution in [0.5, 0.6) is 0 Å². The summed E-state index contributed by atoms with van der Waals surface area (Å²) in [5.41, 5.74) is 2.19. The molecule has 2 N–H and O–H groups in total. The van der Waals surface area contributed by atoms with E-state index in [0.29, 0.717) is 6.04 Å². The van der Waals surface area contributed by atoms with E-state index in [1.165, 1.54) is 5.56 Å². The van der Waals surface area contributed by atoms with Gasteiger partial charge >= 0.3 is 0 Å². The Labute approximate surface area is 92.8 Å². The summed E-state index contributed by atoms with van der Waals surface area (Å²) in [5, 5.41) is 13.4. The van der Waals surface area contributed by atoms with Gasteiger partial charge in [0.15, 0.2) is 0 Å². The minimum Gasteiger partial charge on any atom is -0.310 e. The third kappa shape index (κ3) is 2.43. The summed E-state index contributed by atoms with van der Waals surface area (Å²) in [5.74, 6) is 0. The van der Waals surface area contributed by atoms with Gasteiger partial charge in [-0.05, 0) is 0 Å². The van der Waals surface area contributed by atoms with Gasteiger partial charge in [-0.25, -0.2) is 4.98 Å². The summed E-state index contributed by atoms with van der Waals surface area (Å²) in [6, 6.07) is 0.476. The maximum absolute atomic E-state index is 4.27. The summed E-state index contributed by atoms with van der Waals surface area (Å²) in [6.45, 7) is 5.08. The predicted octanol–water partition coefficient (Wildman–Crippen LogP) is 2.03. The van der Waals surface area contributed by atoms with Crippen LogP contribution < -0.4 is 5.32 Å². The SMILES string of the molecule is CC(C)NCc1cn[nH]c1-c1nccs1. The molecule has 0 saturated carbocycles. The highest BCUT2D eigenvalue weighted by molar-refractivity contribution is 7.13. The van der Waals surface area contributed by atoms with E-state index in [1.807, 2.05) is 11.6 Å². The molecule has 0 atom stereocenters. The largest absolute Gasteiger partial charge is 0.310 e. The first kappa shape index (κ1) is 10.3. The van der Waals surface area contributed by atoms with Crippen molar-refractivity contribution in [1.29, 1.82) is 0 Å². The van der Waals surface area contributed by atoms with Crippen LogP contribution >= 0.6 is 11.3 Å². The molecule has 0 unspecified atom stereocenters. The van der Waals surface area contributed by atoms with Gasteiger partial charge in [0.05, 0.1) is 11.9 Å². The van der Waals surface area contributed by atoms with Crippen LogP contribution in [0.3, 0.4) is 0 Å². The number of thiazole rings is 1. The molecule has 15 heavy (non-hydrogen) atoms. The van der Waals surface area contributed by atoms with Gasteiger partial charge in [0, 0.05) is 29.7 Å². The first-order valence-electron chi connectivity index (χ1n) is 4.93. The number of nitrogens with zero attached hydrogens (tertiary/aromatic N) is 2. The Hall–Kier alpha value is -1.20. The molecule has 80 valence electrons. The van der Waals surface area contributed by atoms with Gasteiger partial charge in [-0.2, -0.15) is 5.10 Å². The summed E-state index contributed by atoms with van der Waals surface area (Å²) in [7, 11) is 0. The van der Waals surface area contributed by atoms with Gasteiger partial charge in [0.1, 0.15) is 5.01 Å². The maximum Gasteiger partial charge on any atom is 0.141 e. The average molecular weight is 222 g/mol. The quantitative estimate of drug-likeness (QED) is 0.832. The lowest BCUT2D eigenvalue weighted by Gasteiger charge is -2.06. The molecule has 2 aromatic rings. The van der Waals surface area contributed by atoms with Crippen molar-refractivity contribution in [1.82, 2.24) is 20.5 Å². The second-order valence-corrected chi connectivity index (χ2v) is 4.54. The van der Waals surface area contributed by atoms with E-state index in [0.717, 1.165) is 17.2 Å². The summed E-state index contributed by atoms with van der Waals surface area (Å²) in [6.07, 6.45) is 3.66. The van der Waals surface area contributed by atoms with Crippen LogP contribution in [0.25, 0.3) is 10.7 Å². The lowest BCUT2D eigenvalue weighted by Crippen LogP contribution is -2.21. The van der Waals surface area contributed by atoms with E-state index < -0.39 is 0 Å². The number of nitrogens with one attached hydrogen (secondary N) is 2. The minimum atomic E-state index is 0.476. The van der Waals surface area contributed by atoms with Crippen LogP contribution in [0.1, 0.15) is 19.4 Å². The summed E-state index contributed by atoms with van der Waals surface area (Å²) in [4.78, 5) is 4.27. The molecule has 0 aliphatic carbocycles. The van der Waals surface area contributed by atoms with Crippen LogP contribution in [0, 0.1) is 0 Å². The Balaban J connectivity index is 2.16. The van der Waals surface area contributed by atoms with Gasteiger partial charge in [-0.3, -0.25) is 5.10 Å². The van der Waals surface area contributed by atoms with Crippen molar-refractivity contribution in [2.45, 2.75) is 26.4 Å². The van der Waals surface area contributed by atoms with Crippen molar-refractivity contribution in [2.24, 2.45) is 0 Å². The number of hydrogen-bond acceptors (Lipinski definition) is 4. The molecule has 0 bridgehead atoms. The van der Waals surface area contributed by atoms with Gasteiger partial charge in [0.2, 0.25) is 0 Å². The first-order valence-corrected chi connectivity index (χ1v) is 5.81. The van der Waals surface area contributed by atoms with Crippen LogP contribution in [0.15, 0.2) is 17.8 Å². The molecule has 0 aromatic carbocycles. The van der Waals surface area contributed by atoms with Crippen molar-refractivity contribution in [3.63, 3.8) is 0 Å². The molecular formula is C10H14N4S. The monoisotopic (exact) mass is 222 g/mol. The summed E-state index contributed by atoms with van der Waals surface area (Å²) < 4.78 is 0. The van der Waals surface area contributed by atoms with Crippen molar-refractivity contribution in [3.8, 4) is 10.7 Å². The molecule has 4 nitrogen and oxygen atoms in total. The fraction of sp³-hybridized carbons (Fsp3) is 0.400. The van der Waals surface area contributed by atoms with Crippen molar-refractivity contribution >= 4 is 11.3 Å². The van der Waals surface area contributed by atoms with Crippen molar-refractivity contribution in [3.05, 3.63) is 23.3 Å². The first-order chi connectivity index (χ1) is 7.27. The Morgan fingerprint density at radius 3 is 3.07 bits per heavy atom. The second kappa shape index (κ2) is 4.55. The van der Waals surface area contributed by atoms with E-state index >= 15 is 0 Å². The lowest BCUT2D eigenvalue weighted by atomic mass is 10.2. The van der Waals surface area contributed by atoms with Gasteiger partial charge in [0.25, 0.3) is 0 Å². The molecule has 0 radical (unpaired) electrons.